The van der Waals surface area contributed by atoms with Gasteiger partial charge >= 0.3 is 5.97 Å². The zero-order chi connectivity index (χ0) is 18.4. The smallest absolute Gasteiger partial charge is 0.309 e. The second kappa shape index (κ2) is 6.88. The number of carbonyl (C=O) groups is 2. The van der Waals surface area contributed by atoms with E-state index < -0.39 is 0 Å². The zero-order valence-electron chi connectivity index (χ0n) is 15.8. The highest BCUT2D eigenvalue weighted by Gasteiger charge is 2.57. The molecule has 2 heterocycles. The second-order valence-electron chi connectivity index (χ2n) is 8.82. The van der Waals surface area contributed by atoms with Crippen LogP contribution in [-0.4, -0.2) is 55.0 Å². The summed E-state index contributed by atoms with van der Waals surface area (Å²) in [5, 5.41) is 0. The van der Waals surface area contributed by atoms with Crippen molar-refractivity contribution in [3.63, 3.8) is 0 Å². The lowest BCUT2D eigenvalue weighted by atomic mass is 9.81. The number of rotatable bonds is 8. The van der Waals surface area contributed by atoms with Crippen LogP contribution in [0.2, 0.25) is 0 Å². The Kier molecular flexibility index (Phi) is 4.86. The molecule has 4 rings (SSSR count). The van der Waals surface area contributed by atoms with Gasteiger partial charge in [-0.05, 0) is 52.4 Å². The normalized spacial score (nSPS) is 43.2. The lowest BCUT2D eigenvalue weighted by molar-refractivity contribution is -0.150. The van der Waals surface area contributed by atoms with Crippen LogP contribution >= 0.6 is 0 Å². The molecular formula is C20H30O6. The zero-order valence-corrected chi connectivity index (χ0v) is 15.8. The number of hydrogen-bond acceptors (Lipinski definition) is 6. The molecule has 0 aromatic heterocycles. The molecule has 2 saturated heterocycles. The number of ketones is 1. The average Bonchev–Trinajstić information content (AvgIpc) is 3.48. The molecule has 2 saturated carbocycles. The molecule has 0 aromatic rings. The lowest BCUT2D eigenvalue weighted by Crippen LogP contribution is -2.29. The van der Waals surface area contributed by atoms with E-state index >= 15 is 0 Å². The number of ether oxygens (including phenoxy) is 4. The fourth-order valence-corrected chi connectivity index (χ4v) is 4.54. The molecule has 4 fully saturated rings. The van der Waals surface area contributed by atoms with Crippen molar-refractivity contribution in [1.82, 2.24) is 0 Å². The number of carbonyl (C=O) groups excluding carboxylic acids is 2. The minimum atomic E-state index is -0.117. The molecule has 0 N–H and O–H groups in total. The molecule has 0 bridgehead atoms. The molecule has 0 radical (unpaired) electrons. The van der Waals surface area contributed by atoms with Crippen molar-refractivity contribution in [2.75, 3.05) is 19.8 Å². The third-order valence-corrected chi connectivity index (χ3v) is 6.76. The molecule has 26 heavy (non-hydrogen) atoms. The van der Waals surface area contributed by atoms with E-state index in [1.165, 1.54) is 0 Å². The molecule has 0 aromatic carbocycles. The van der Waals surface area contributed by atoms with Crippen LogP contribution in [0.4, 0.5) is 0 Å². The molecule has 146 valence electrons. The average molecular weight is 366 g/mol. The van der Waals surface area contributed by atoms with Gasteiger partial charge in [0.25, 0.3) is 0 Å². The first-order valence-corrected chi connectivity index (χ1v) is 10.0. The Balaban J connectivity index is 1.04. The highest BCUT2D eigenvalue weighted by molar-refractivity contribution is 5.82. The summed E-state index contributed by atoms with van der Waals surface area (Å²) in [5.41, 5.74) is 0.0733. The number of epoxide rings is 2. The molecule has 6 atom stereocenters. The number of Topliss-reactive ketones (excluding diaryl/α,β-unsaturated/α-hetero) is 1. The van der Waals surface area contributed by atoms with E-state index in [2.05, 4.69) is 13.8 Å². The topological polar surface area (TPSA) is 77.7 Å². The quantitative estimate of drug-likeness (QED) is 0.373. The number of hydrogen-bond donors (Lipinski definition) is 0. The molecule has 6 unspecified atom stereocenters. The molecule has 2 aliphatic carbocycles. The van der Waals surface area contributed by atoms with Crippen molar-refractivity contribution in [2.24, 2.45) is 11.8 Å². The summed E-state index contributed by atoms with van der Waals surface area (Å²) in [6, 6.07) is 0. The molecule has 6 nitrogen and oxygen atoms in total. The SMILES string of the molecule is CC12CCC(C(=O)COCCCOC(=O)C3CCC4(C)OC4C3)CC1O2. The van der Waals surface area contributed by atoms with Crippen LogP contribution in [0.15, 0.2) is 0 Å². The fourth-order valence-electron chi connectivity index (χ4n) is 4.54. The Labute approximate surface area is 154 Å². The maximum Gasteiger partial charge on any atom is 0.309 e. The maximum atomic E-state index is 12.2. The summed E-state index contributed by atoms with van der Waals surface area (Å²) in [6.07, 6.45) is 6.40. The van der Waals surface area contributed by atoms with Crippen LogP contribution in [0.25, 0.3) is 0 Å². The van der Waals surface area contributed by atoms with Crippen molar-refractivity contribution in [2.45, 2.75) is 82.2 Å². The second-order valence-corrected chi connectivity index (χ2v) is 8.82. The fraction of sp³-hybridized carbons (Fsp3) is 0.900. The van der Waals surface area contributed by atoms with Gasteiger partial charge in [0.1, 0.15) is 6.61 Å². The Morgan fingerprint density at radius 2 is 1.58 bits per heavy atom. The van der Waals surface area contributed by atoms with E-state index in [0.717, 1.165) is 38.5 Å². The van der Waals surface area contributed by atoms with Gasteiger partial charge in [-0.1, -0.05) is 0 Å². The van der Waals surface area contributed by atoms with E-state index in [9.17, 15) is 9.59 Å². The van der Waals surface area contributed by atoms with Gasteiger partial charge in [0.2, 0.25) is 0 Å². The van der Waals surface area contributed by atoms with Crippen LogP contribution in [0.5, 0.6) is 0 Å². The third kappa shape index (κ3) is 3.82. The highest BCUT2D eigenvalue weighted by Crippen LogP contribution is 2.50. The first-order valence-electron chi connectivity index (χ1n) is 10.0. The van der Waals surface area contributed by atoms with Crippen LogP contribution < -0.4 is 0 Å². The summed E-state index contributed by atoms with van der Waals surface area (Å²) in [5.74, 6) is 0.109. The predicted octanol–water partition coefficient (Wildman–Crippen LogP) is 2.42. The Hall–Kier alpha value is -0.980. The van der Waals surface area contributed by atoms with Gasteiger partial charge in [-0.2, -0.15) is 0 Å². The van der Waals surface area contributed by atoms with Gasteiger partial charge in [-0.25, -0.2) is 0 Å². The summed E-state index contributed by atoms with van der Waals surface area (Å²) < 4.78 is 22.1. The van der Waals surface area contributed by atoms with E-state index in [0.29, 0.717) is 19.6 Å². The van der Waals surface area contributed by atoms with E-state index in [1.54, 1.807) is 0 Å². The Morgan fingerprint density at radius 3 is 2.23 bits per heavy atom. The van der Waals surface area contributed by atoms with Crippen LogP contribution in [0.1, 0.15) is 58.8 Å². The largest absolute Gasteiger partial charge is 0.465 e. The van der Waals surface area contributed by atoms with E-state index in [4.69, 9.17) is 18.9 Å². The third-order valence-electron chi connectivity index (χ3n) is 6.76. The van der Waals surface area contributed by atoms with Crippen LogP contribution in [-0.2, 0) is 28.5 Å². The molecule has 4 aliphatic rings. The number of esters is 1. The summed E-state index contributed by atoms with van der Waals surface area (Å²) >= 11 is 0. The number of fused-ring (bicyclic) bond motifs is 2. The first kappa shape index (κ1) is 18.4. The van der Waals surface area contributed by atoms with Gasteiger partial charge in [0.05, 0.1) is 42.5 Å². The lowest BCUT2D eigenvalue weighted by Gasteiger charge is -2.21. The van der Waals surface area contributed by atoms with Crippen molar-refractivity contribution in [3.8, 4) is 0 Å². The van der Waals surface area contributed by atoms with Gasteiger partial charge in [0.15, 0.2) is 5.78 Å². The van der Waals surface area contributed by atoms with Crippen molar-refractivity contribution in [3.05, 3.63) is 0 Å². The Bertz CT molecular complexity index is 527. The van der Waals surface area contributed by atoms with Gasteiger partial charge < -0.3 is 18.9 Å². The van der Waals surface area contributed by atoms with Gasteiger partial charge in [-0.15, -0.1) is 0 Å². The van der Waals surface area contributed by atoms with Gasteiger partial charge in [-0.3, -0.25) is 9.59 Å². The molecule has 0 amide bonds. The summed E-state index contributed by atoms with van der Waals surface area (Å²) in [7, 11) is 0. The monoisotopic (exact) mass is 366 g/mol. The van der Waals surface area contributed by atoms with Crippen LogP contribution in [0.3, 0.4) is 0 Å². The standard InChI is InChI=1S/C20H30O6/c1-19-6-4-13(10-16(19)25-19)15(21)12-23-8-3-9-24-18(22)14-5-7-20(2)17(11-14)26-20/h13-14,16-17H,3-12H2,1-2H3. The van der Waals surface area contributed by atoms with Crippen molar-refractivity contribution in [1.29, 1.82) is 0 Å². The van der Waals surface area contributed by atoms with Crippen molar-refractivity contribution >= 4 is 11.8 Å². The van der Waals surface area contributed by atoms with Crippen LogP contribution in [0, 0.1) is 11.8 Å². The first-order chi connectivity index (χ1) is 12.4. The minimum absolute atomic E-state index is 0.0275. The van der Waals surface area contributed by atoms with E-state index in [-0.39, 0.29) is 53.6 Å². The summed E-state index contributed by atoms with van der Waals surface area (Å²) in [6.45, 7) is 5.19. The van der Waals surface area contributed by atoms with E-state index in [1.807, 2.05) is 0 Å². The van der Waals surface area contributed by atoms with Gasteiger partial charge in [0, 0.05) is 12.3 Å². The Morgan fingerprint density at radius 1 is 0.962 bits per heavy atom. The molecular weight excluding hydrogens is 336 g/mol. The predicted molar refractivity (Wildman–Crippen MR) is 92.6 cm³/mol. The molecule has 0 spiro atoms. The maximum absolute atomic E-state index is 12.2. The molecule has 6 heteroatoms. The highest BCUT2D eigenvalue weighted by atomic mass is 16.6. The molecule has 2 aliphatic heterocycles. The van der Waals surface area contributed by atoms with Crippen molar-refractivity contribution < 1.29 is 28.5 Å². The minimum Gasteiger partial charge on any atom is -0.465 e. The summed E-state index contributed by atoms with van der Waals surface area (Å²) in [4.78, 5) is 24.3.